The quantitative estimate of drug-likeness (QED) is 0.864. The predicted molar refractivity (Wildman–Crippen MR) is 91.3 cm³/mol. The molecule has 3 rings (SSSR count). The van der Waals surface area contributed by atoms with Crippen molar-refractivity contribution >= 4 is 5.82 Å². The fourth-order valence-corrected chi connectivity index (χ4v) is 2.95. The molecule has 0 aliphatic carbocycles. The highest BCUT2D eigenvalue weighted by Crippen LogP contribution is 2.32. The lowest BCUT2D eigenvalue weighted by Gasteiger charge is -2.20. The lowest BCUT2D eigenvalue weighted by molar-refractivity contribution is 0.395. The van der Waals surface area contributed by atoms with Crippen LogP contribution in [0.2, 0.25) is 0 Å². The van der Waals surface area contributed by atoms with Crippen molar-refractivity contribution in [3.05, 3.63) is 30.3 Å². The first-order valence-electron chi connectivity index (χ1n) is 8.13. The second-order valence-electron chi connectivity index (χ2n) is 5.74. The minimum atomic E-state index is 0.737. The monoisotopic (exact) mass is 313 g/mol. The highest BCUT2D eigenvalue weighted by molar-refractivity contribution is 5.68. The van der Waals surface area contributed by atoms with Crippen molar-refractivity contribution in [1.82, 2.24) is 10.2 Å². The van der Waals surface area contributed by atoms with E-state index >= 15 is 0 Å². The number of hydrogen-bond acceptors (Lipinski definition) is 5. The van der Waals surface area contributed by atoms with E-state index < -0.39 is 0 Å². The maximum Gasteiger partial charge on any atom is 0.151 e. The van der Waals surface area contributed by atoms with Gasteiger partial charge < -0.3 is 14.4 Å². The number of nitrogens with zero attached hydrogens (tertiary/aromatic N) is 3. The van der Waals surface area contributed by atoms with Crippen molar-refractivity contribution < 1.29 is 9.47 Å². The van der Waals surface area contributed by atoms with Gasteiger partial charge in [-0.05, 0) is 37.1 Å². The summed E-state index contributed by atoms with van der Waals surface area (Å²) in [6.07, 6.45) is 5.08. The van der Waals surface area contributed by atoms with E-state index in [9.17, 15) is 0 Å². The van der Waals surface area contributed by atoms with Crippen molar-refractivity contribution in [3.8, 4) is 22.8 Å². The Kier molecular flexibility index (Phi) is 4.95. The van der Waals surface area contributed by atoms with Gasteiger partial charge in [0.1, 0.15) is 11.5 Å². The van der Waals surface area contributed by atoms with E-state index in [2.05, 4.69) is 21.2 Å². The summed E-state index contributed by atoms with van der Waals surface area (Å²) < 4.78 is 10.7. The van der Waals surface area contributed by atoms with Gasteiger partial charge in [0.2, 0.25) is 0 Å². The molecule has 0 spiro atoms. The minimum Gasteiger partial charge on any atom is -0.497 e. The summed E-state index contributed by atoms with van der Waals surface area (Å²) in [6.45, 7) is 2.14. The average molecular weight is 313 g/mol. The Morgan fingerprint density at radius 2 is 1.65 bits per heavy atom. The van der Waals surface area contributed by atoms with Gasteiger partial charge in [0, 0.05) is 24.7 Å². The molecule has 1 saturated heterocycles. The smallest absolute Gasteiger partial charge is 0.151 e. The van der Waals surface area contributed by atoms with Crippen LogP contribution in [-0.2, 0) is 0 Å². The lowest BCUT2D eigenvalue weighted by atomic mass is 10.1. The standard InChI is InChI=1S/C18H23N3O2/c1-22-14-7-8-15(17(13-14)23-2)16-9-10-18(20-19-16)21-11-5-3-4-6-12-21/h7-10,13H,3-6,11-12H2,1-2H3. The van der Waals surface area contributed by atoms with Gasteiger partial charge in [-0.15, -0.1) is 10.2 Å². The van der Waals surface area contributed by atoms with E-state index in [1.807, 2.05) is 24.3 Å². The molecule has 23 heavy (non-hydrogen) atoms. The Labute approximate surface area is 137 Å². The molecule has 2 heterocycles. The molecule has 0 saturated carbocycles. The van der Waals surface area contributed by atoms with Gasteiger partial charge in [0.25, 0.3) is 0 Å². The first kappa shape index (κ1) is 15.6. The van der Waals surface area contributed by atoms with Crippen LogP contribution in [0.5, 0.6) is 11.5 Å². The predicted octanol–water partition coefficient (Wildman–Crippen LogP) is 3.54. The maximum atomic E-state index is 5.45. The Morgan fingerprint density at radius 1 is 0.870 bits per heavy atom. The molecule has 5 nitrogen and oxygen atoms in total. The second kappa shape index (κ2) is 7.31. The third-order valence-electron chi connectivity index (χ3n) is 4.27. The van der Waals surface area contributed by atoms with Gasteiger partial charge >= 0.3 is 0 Å². The van der Waals surface area contributed by atoms with Crippen LogP contribution < -0.4 is 14.4 Å². The first-order valence-corrected chi connectivity index (χ1v) is 8.13. The zero-order valence-corrected chi connectivity index (χ0v) is 13.8. The van der Waals surface area contributed by atoms with E-state index in [1.165, 1.54) is 25.7 Å². The first-order chi connectivity index (χ1) is 11.3. The third kappa shape index (κ3) is 3.55. The largest absolute Gasteiger partial charge is 0.497 e. The second-order valence-corrected chi connectivity index (χ2v) is 5.74. The summed E-state index contributed by atoms with van der Waals surface area (Å²) in [4.78, 5) is 2.33. The fourth-order valence-electron chi connectivity index (χ4n) is 2.95. The summed E-state index contributed by atoms with van der Waals surface area (Å²) in [5.41, 5.74) is 1.73. The Morgan fingerprint density at radius 3 is 2.26 bits per heavy atom. The Hall–Kier alpha value is -2.30. The normalized spacial score (nSPS) is 15.1. The zero-order valence-electron chi connectivity index (χ0n) is 13.8. The molecule has 0 amide bonds. The van der Waals surface area contributed by atoms with Gasteiger partial charge in [-0.1, -0.05) is 12.8 Å². The molecule has 122 valence electrons. The van der Waals surface area contributed by atoms with E-state index in [4.69, 9.17) is 9.47 Å². The van der Waals surface area contributed by atoms with Gasteiger partial charge in [0.15, 0.2) is 5.82 Å². The van der Waals surface area contributed by atoms with Crippen LogP contribution in [0, 0.1) is 0 Å². The number of methoxy groups -OCH3 is 2. The third-order valence-corrected chi connectivity index (χ3v) is 4.27. The van der Waals surface area contributed by atoms with E-state index in [1.54, 1.807) is 14.2 Å². The number of rotatable bonds is 4. The number of aromatic nitrogens is 2. The molecule has 1 aliphatic rings. The number of anilines is 1. The van der Waals surface area contributed by atoms with Crippen LogP contribution in [0.4, 0.5) is 5.82 Å². The van der Waals surface area contributed by atoms with Crippen LogP contribution in [0.3, 0.4) is 0 Å². The van der Waals surface area contributed by atoms with Crippen molar-refractivity contribution in [2.24, 2.45) is 0 Å². The molecule has 1 aromatic carbocycles. The average Bonchev–Trinajstić information content (AvgIpc) is 2.90. The summed E-state index contributed by atoms with van der Waals surface area (Å²) in [5, 5.41) is 8.83. The van der Waals surface area contributed by atoms with Crippen molar-refractivity contribution in [1.29, 1.82) is 0 Å². The molecule has 1 aliphatic heterocycles. The van der Waals surface area contributed by atoms with Crippen LogP contribution in [0.1, 0.15) is 25.7 Å². The summed E-state index contributed by atoms with van der Waals surface area (Å²) in [5.74, 6) is 2.46. The Bertz CT molecular complexity index is 635. The molecule has 0 unspecified atom stereocenters. The molecule has 2 aromatic rings. The van der Waals surface area contributed by atoms with E-state index in [-0.39, 0.29) is 0 Å². The van der Waals surface area contributed by atoms with Crippen LogP contribution >= 0.6 is 0 Å². The van der Waals surface area contributed by atoms with Gasteiger partial charge in [-0.3, -0.25) is 0 Å². The van der Waals surface area contributed by atoms with Crippen LogP contribution in [0.15, 0.2) is 30.3 Å². The molecular formula is C18H23N3O2. The highest BCUT2D eigenvalue weighted by atomic mass is 16.5. The van der Waals surface area contributed by atoms with E-state index in [0.717, 1.165) is 41.7 Å². The minimum absolute atomic E-state index is 0.737. The molecule has 0 radical (unpaired) electrons. The highest BCUT2D eigenvalue weighted by Gasteiger charge is 2.13. The lowest BCUT2D eigenvalue weighted by Crippen LogP contribution is -2.25. The molecule has 0 N–H and O–H groups in total. The van der Waals surface area contributed by atoms with Crippen molar-refractivity contribution in [2.75, 3.05) is 32.2 Å². The maximum absolute atomic E-state index is 5.45. The van der Waals surface area contributed by atoms with Gasteiger partial charge in [-0.2, -0.15) is 0 Å². The molecule has 5 heteroatoms. The Balaban J connectivity index is 1.84. The molecule has 0 bridgehead atoms. The number of hydrogen-bond donors (Lipinski definition) is 0. The molecule has 0 atom stereocenters. The van der Waals surface area contributed by atoms with Gasteiger partial charge in [0.05, 0.1) is 19.9 Å². The van der Waals surface area contributed by atoms with Crippen LogP contribution in [-0.4, -0.2) is 37.5 Å². The van der Waals surface area contributed by atoms with Crippen LogP contribution in [0.25, 0.3) is 11.3 Å². The molecule has 1 fully saturated rings. The summed E-state index contributed by atoms with van der Waals surface area (Å²) in [7, 11) is 3.29. The number of benzene rings is 1. The van der Waals surface area contributed by atoms with Gasteiger partial charge in [-0.25, -0.2) is 0 Å². The zero-order chi connectivity index (χ0) is 16.1. The van der Waals surface area contributed by atoms with E-state index in [0.29, 0.717) is 0 Å². The SMILES string of the molecule is COc1ccc(-c2ccc(N3CCCCCC3)nn2)c(OC)c1. The van der Waals surface area contributed by atoms with Crippen molar-refractivity contribution in [2.45, 2.75) is 25.7 Å². The molecular weight excluding hydrogens is 290 g/mol. The topological polar surface area (TPSA) is 47.5 Å². The fraction of sp³-hybridized carbons (Fsp3) is 0.444. The van der Waals surface area contributed by atoms with Crippen molar-refractivity contribution in [3.63, 3.8) is 0 Å². The number of ether oxygens (including phenoxy) is 2. The molecule has 1 aromatic heterocycles. The summed E-state index contributed by atoms with van der Waals surface area (Å²) in [6, 6.07) is 9.78. The summed E-state index contributed by atoms with van der Waals surface area (Å²) >= 11 is 0.